The summed E-state index contributed by atoms with van der Waals surface area (Å²) < 4.78 is 1.54. The molecular formula is C11H9BrIN3O. The fourth-order valence-electron chi connectivity index (χ4n) is 1.38. The molecule has 0 saturated heterocycles. The molecule has 0 aliphatic carbocycles. The van der Waals surface area contributed by atoms with E-state index in [9.17, 15) is 4.79 Å². The van der Waals surface area contributed by atoms with E-state index in [0.717, 1.165) is 16.6 Å². The van der Waals surface area contributed by atoms with Crippen LogP contribution < -0.4 is 5.56 Å². The Kier molecular flexibility index (Phi) is 3.93. The van der Waals surface area contributed by atoms with Crippen molar-refractivity contribution >= 4 is 38.5 Å². The van der Waals surface area contributed by atoms with Crippen molar-refractivity contribution in [1.29, 1.82) is 0 Å². The quantitative estimate of drug-likeness (QED) is 0.781. The second-order valence-electron chi connectivity index (χ2n) is 3.39. The van der Waals surface area contributed by atoms with E-state index < -0.39 is 0 Å². The van der Waals surface area contributed by atoms with Gasteiger partial charge in [0.15, 0.2) is 5.82 Å². The van der Waals surface area contributed by atoms with Crippen molar-refractivity contribution in [1.82, 2.24) is 15.0 Å². The van der Waals surface area contributed by atoms with Gasteiger partial charge in [-0.2, -0.15) is 0 Å². The molecular weight excluding hydrogens is 397 g/mol. The summed E-state index contributed by atoms with van der Waals surface area (Å²) in [5.74, 6) is 0.514. The summed E-state index contributed by atoms with van der Waals surface area (Å²) in [6.45, 7) is 1.97. The Morgan fingerprint density at radius 1 is 1.47 bits per heavy atom. The molecule has 0 fully saturated rings. The molecule has 0 radical (unpaired) electrons. The third kappa shape index (κ3) is 2.74. The molecule has 0 spiro atoms. The van der Waals surface area contributed by atoms with Gasteiger partial charge in [0.25, 0.3) is 5.56 Å². The average molecular weight is 406 g/mol. The van der Waals surface area contributed by atoms with Crippen molar-refractivity contribution < 1.29 is 0 Å². The summed E-state index contributed by atoms with van der Waals surface area (Å²) in [6.07, 6.45) is 2.41. The molecule has 88 valence electrons. The Balaban J connectivity index is 2.56. The lowest BCUT2D eigenvalue weighted by Gasteiger charge is -2.04. The normalized spacial score (nSPS) is 10.5. The topological polar surface area (TPSA) is 58.6 Å². The van der Waals surface area contributed by atoms with E-state index in [4.69, 9.17) is 0 Å². The molecule has 0 unspecified atom stereocenters. The number of pyridine rings is 1. The minimum atomic E-state index is -0.114. The first kappa shape index (κ1) is 12.7. The molecule has 0 aliphatic heterocycles. The number of aryl methyl sites for hydroxylation is 1. The predicted octanol–water partition coefficient (Wildman–Crippen LogP) is 2.76. The first-order chi connectivity index (χ1) is 8.11. The van der Waals surface area contributed by atoms with Crippen LogP contribution >= 0.6 is 38.5 Å². The van der Waals surface area contributed by atoms with E-state index in [2.05, 4.69) is 30.9 Å². The van der Waals surface area contributed by atoms with Gasteiger partial charge < -0.3 is 4.98 Å². The molecule has 0 amide bonds. The van der Waals surface area contributed by atoms with Crippen molar-refractivity contribution in [2.45, 2.75) is 13.3 Å². The van der Waals surface area contributed by atoms with Gasteiger partial charge in [-0.25, -0.2) is 4.98 Å². The summed E-state index contributed by atoms with van der Waals surface area (Å²) in [5.41, 5.74) is 1.35. The van der Waals surface area contributed by atoms with E-state index in [1.165, 1.54) is 0 Å². The van der Waals surface area contributed by atoms with Crippen molar-refractivity contribution in [3.8, 4) is 11.5 Å². The number of nitrogens with one attached hydrogen (secondary N) is 1. The van der Waals surface area contributed by atoms with Gasteiger partial charge in [-0.15, -0.1) is 0 Å². The maximum Gasteiger partial charge on any atom is 0.264 e. The van der Waals surface area contributed by atoms with Gasteiger partial charge >= 0.3 is 0 Å². The Morgan fingerprint density at radius 2 is 2.24 bits per heavy atom. The van der Waals surface area contributed by atoms with Gasteiger partial charge in [0.2, 0.25) is 0 Å². The molecule has 2 rings (SSSR count). The molecule has 2 heterocycles. The number of H-pyrrole nitrogens is 1. The van der Waals surface area contributed by atoms with Gasteiger partial charge in [0.1, 0.15) is 5.69 Å². The number of hydrogen-bond acceptors (Lipinski definition) is 3. The number of halogens is 2. The Morgan fingerprint density at radius 3 is 2.82 bits per heavy atom. The fraction of sp³-hybridized carbons (Fsp3) is 0.182. The molecule has 17 heavy (non-hydrogen) atoms. The second kappa shape index (κ2) is 5.26. The number of aromatic nitrogens is 3. The smallest absolute Gasteiger partial charge is 0.264 e. The van der Waals surface area contributed by atoms with Crippen molar-refractivity contribution in [2.75, 3.05) is 0 Å². The average Bonchev–Trinajstić information content (AvgIpc) is 2.33. The molecule has 2 aromatic rings. The van der Waals surface area contributed by atoms with E-state index >= 15 is 0 Å². The van der Waals surface area contributed by atoms with E-state index in [-0.39, 0.29) is 5.56 Å². The number of nitrogens with zero attached hydrogens (tertiary/aromatic N) is 2. The van der Waals surface area contributed by atoms with E-state index in [0.29, 0.717) is 15.1 Å². The third-order valence-corrected chi connectivity index (χ3v) is 3.82. The van der Waals surface area contributed by atoms with E-state index in [1.54, 1.807) is 6.20 Å². The molecule has 1 N–H and O–H groups in total. The van der Waals surface area contributed by atoms with Crippen molar-refractivity contribution in [3.05, 3.63) is 42.4 Å². The molecule has 0 saturated carbocycles. The Bertz CT molecular complexity index is 595. The first-order valence-electron chi connectivity index (χ1n) is 5.02. The maximum atomic E-state index is 11.7. The molecule has 0 bridgehead atoms. The minimum absolute atomic E-state index is 0.114. The van der Waals surface area contributed by atoms with Crippen LogP contribution in [0.15, 0.2) is 27.6 Å². The summed E-state index contributed by atoms with van der Waals surface area (Å²) in [5, 5.41) is 0. The van der Waals surface area contributed by atoms with Crippen LogP contribution in [-0.2, 0) is 6.42 Å². The highest BCUT2D eigenvalue weighted by molar-refractivity contribution is 14.1. The summed E-state index contributed by atoms with van der Waals surface area (Å²) in [4.78, 5) is 23.1. The zero-order valence-corrected chi connectivity index (χ0v) is 12.7. The zero-order chi connectivity index (χ0) is 12.4. The summed E-state index contributed by atoms with van der Waals surface area (Å²) in [7, 11) is 0. The van der Waals surface area contributed by atoms with Crippen LogP contribution in [0.1, 0.15) is 12.6 Å². The van der Waals surface area contributed by atoms with Crippen LogP contribution in [-0.4, -0.2) is 15.0 Å². The third-order valence-electron chi connectivity index (χ3n) is 2.24. The maximum absolute atomic E-state index is 11.7. The molecule has 0 aromatic carbocycles. The van der Waals surface area contributed by atoms with Crippen molar-refractivity contribution in [3.63, 3.8) is 0 Å². The van der Waals surface area contributed by atoms with E-state index in [1.807, 2.05) is 41.6 Å². The van der Waals surface area contributed by atoms with Crippen LogP contribution in [0, 0.1) is 3.57 Å². The summed E-state index contributed by atoms with van der Waals surface area (Å²) in [6, 6.07) is 3.68. The standard InChI is InChI=1S/C11H9BrIN3O/c1-2-7-9(13)11(17)16-10(15-7)8-4-3-6(12)5-14-8/h3-5H,2H2,1H3,(H,15,16,17). The lowest BCUT2D eigenvalue weighted by atomic mass is 10.3. The number of aromatic amines is 1. The van der Waals surface area contributed by atoms with Gasteiger partial charge in [-0.05, 0) is 57.1 Å². The van der Waals surface area contributed by atoms with Crippen LogP contribution in [0.5, 0.6) is 0 Å². The lowest BCUT2D eigenvalue weighted by molar-refractivity contribution is 0.962. The SMILES string of the molecule is CCc1nc(-c2ccc(Br)cn2)[nH]c(=O)c1I. The predicted molar refractivity (Wildman–Crippen MR) is 77.9 cm³/mol. The highest BCUT2D eigenvalue weighted by atomic mass is 127. The minimum Gasteiger partial charge on any atom is -0.304 e. The molecule has 4 nitrogen and oxygen atoms in total. The zero-order valence-electron chi connectivity index (χ0n) is 9.00. The lowest BCUT2D eigenvalue weighted by Crippen LogP contribution is -2.16. The molecule has 0 atom stereocenters. The highest BCUT2D eigenvalue weighted by Gasteiger charge is 2.09. The van der Waals surface area contributed by atoms with Crippen LogP contribution in [0.4, 0.5) is 0 Å². The second-order valence-corrected chi connectivity index (χ2v) is 5.38. The van der Waals surface area contributed by atoms with Gasteiger partial charge in [0.05, 0.1) is 9.26 Å². The van der Waals surface area contributed by atoms with Gasteiger partial charge in [-0.3, -0.25) is 9.78 Å². The van der Waals surface area contributed by atoms with Crippen LogP contribution in [0.25, 0.3) is 11.5 Å². The first-order valence-corrected chi connectivity index (χ1v) is 6.89. The monoisotopic (exact) mass is 405 g/mol. The largest absolute Gasteiger partial charge is 0.304 e. The number of hydrogen-bond donors (Lipinski definition) is 1. The molecule has 0 aliphatic rings. The van der Waals surface area contributed by atoms with Gasteiger partial charge in [-0.1, -0.05) is 6.92 Å². The molecule has 2 aromatic heterocycles. The van der Waals surface area contributed by atoms with Crippen LogP contribution in [0.3, 0.4) is 0 Å². The van der Waals surface area contributed by atoms with Crippen molar-refractivity contribution in [2.24, 2.45) is 0 Å². The summed E-state index contributed by atoms with van der Waals surface area (Å²) >= 11 is 5.33. The fourth-order valence-corrected chi connectivity index (χ4v) is 2.25. The Hall–Kier alpha value is -0.760. The molecule has 6 heteroatoms. The Labute approximate surface area is 120 Å². The van der Waals surface area contributed by atoms with Gasteiger partial charge in [0, 0.05) is 10.7 Å². The number of rotatable bonds is 2. The van der Waals surface area contributed by atoms with Crippen LogP contribution in [0.2, 0.25) is 0 Å². The highest BCUT2D eigenvalue weighted by Crippen LogP contribution is 2.15.